The number of piperidine rings is 1. The summed E-state index contributed by atoms with van der Waals surface area (Å²) >= 11 is 0. The van der Waals surface area contributed by atoms with Crippen molar-refractivity contribution < 1.29 is 9.21 Å². The first-order chi connectivity index (χ1) is 12.3. The molecule has 0 bridgehead atoms. The fourth-order valence-corrected chi connectivity index (χ4v) is 3.16. The van der Waals surface area contributed by atoms with Gasteiger partial charge in [0.25, 0.3) is 5.91 Å². The summed E-state index contributed by atoms with van der Waals surface area (Å²) in [6.07, 6.45) is 4.14. The lowest BCUT2D eigenvalue weighted by molar-refractivity contribution is 0.0923. The van der Waals surface area contributed by atoms with Crippen LogP contribution >= 0.6 is 0 Å². The molecule has 1 aromatic carbocycles. The van der Waals surface area contributed by atoms with E-state index in [1.807, 2.05) is 24.3 Å². The van der Waals surface area contributed by atoms with E-state index in [1.165, 1.54) is 6.20 Å². The molecule has 0 radical (unpaired) electrons. The van der Waals surface area contributed by atoms with Crippen LogP contribution in [0.4, 0.5) is 0 Å². The topological polar surface area (TPSA) is 95.8 Å². The monoisotopic (exact) mass is 339 g/mol. The number of carbonyl (C=O) groups excluding carboxylic acids is 1. The number of oxazole rings is 1. The molecule has 0 unspecified atom stereocenters. The maximum Gasteiger partial charge on any atom is 0.288 e. The average Bonchev–Trinajstić information content (AvgIpc) is 3.29. The molecule has 3 heterocycles. The number of amides is 1. The summed E-state index contributed by atoms with van der Waals surface area (Å²) in [7, 11) is 0. The molecule has 2 aromatic heterocycles. The Bertz CT molecular complexity index is 830. The zero-order valence-electron chi connectivity index (χ0n) is 13.9. The number of nitrogens with zero attached hydrogens (tertiary/aromatic N) is 2. The maximum absolute atomic E-state index is 12.2. The molecule has 25 heavy (non-hydrogen) atoms. The summed E-state index contributed by atoms with van der Waals surface area (Å²) in [5.74, 6) is 1.87. The van der Waals surface area contributed by atoms with Gasteiger partial charge in [0.1, 0.15) is 5.82 Å². The van der Waals surface area contributed by atoms with E-state index in [0.717, 1.165) is 42.8 Å². The minimum absolute atomic E-state index is 0.233. The van der Waals surface area contributed by atoms with E-state index in [9.17, 15) is 4.79 Å². The lowest BCUT2D eigenvalue weighted by Crippen LogP contribution is -2.27. The van der Waals surface area contributed by atoms with Crippen LogP contribution in [0.2, 0.25) is 0 Å². The van der Waals surface area contributed by atoms with Gasteiger partial charge in [-0.3, -0.25) is 4.79 Å². The molecule has 3 N–H and O–H groups in total. The highest BCUT2D eigenvalue weighted by atomic mass is 16.4. The van der Waals surface area contributed by atoms with Crippen LogP contribution in [0.1, 0.15) is 41.0 Å². The van der Waals surface area contributed by atoms with Gasteiger partial charge in [-0.15, -0.1) is 0 Å². The molecule has 1 aliphatic heterocycles. The maximum atomic E-state index is 12.2. The van der Waals surface area contributed by atoms with Crippen molar-refractivity contribution in [3.05, 3.63) is 47.9 Å². The van der Waals surface area contributed by atoms with Crippen LogP contribution in [-0.4, -0.2) is 40.5 Å². The Morgan fingerprint density at radius 3 is 2.96 bits per heavy atom. The van der Waals surface area contributed by atoms with Gasteiger partial charge in [-0.25, -0.2) is 9.97 Å². The number of imidazole rings is 1. The Morgan fingerprint density at radius 1 is 1.28 bits per heavy atom. The van der Waals surface area contributed by atoms with Crippen LogP contribution in [0.5, 0.6) is 0 Å². The number of benzene rings is 1. The molecule has 130 valence electrons. The SMILES string of the molecule is O=C(NCCc1nc2ccccc2[nH]1)c1cnc(C2CCNCC2)o1. The van der Waals surface area contributed by atoms with E-state index in [2.05, 4.69) is 25.6 Å². The van der Waals surface area contributed by atoms with Gasteiger partial charge in [0.05, 0.1) is 17.2 Å². The number of aromatic nitrogens is 3. The first kappa shape index (κ1) is 15.8. The van der Waals surface area contributed by atoms with E-state index in [1.54, 1.807) is 0 Å². The lowest BCUT2D eigenvalue weighted by Gasteiger charge is -2.19. The van der Waals surface area contributed by atoms with Crippen LogP contribution < -0.4 is 10.6 Å². The summed E-state index contributed by atoms with van der Waals surface area (Å²) in [5.41, 5.74) is 1.94. The number of aromatic amines is 1. The number of para-hydroxylation sites is 2. The Labute approximate surface area is 145 Å². The number of hydrogen-bond acceptors (Lipinski definition) is 5. The summed E-state index contributed by atoms with van der Waals surface area (Å²) in [6.45, 7) is 2.42. The number of rotatable bonds is 5. The first-order valence-corrected chi connectivity index (χ1v) is 8.68. The zero-order chi connectivity index (χ0) is 17.1. The van der Waals surface area contributed by atoms with Crippen LogP contribution in [0, 0.1) is 0 Å². The van der Waals surface area contributed by atoms with Crippen molar-refractivity contribution in [2.24, 2.45) is 0 Å². The van der Waals surface area contributed by atoms with Gasteiger partial charge < -0.3 is 20.0 Å². The predicted octanol–water partition coefficient (Wildman–Crippen LogP) is 1.99. The summed E-state index contributed by atoms with van der Waals surface area (Å²) < 4.78 is 5.66. The number of H-pyrrole nitrogens is 1. The van der Waals surface area contributed by atoms with Crippen molar-refractivity contribution in [1.82, 2.24) is 25.6 Å². The molecular weight excluding hydrogens is 318 g/mol. The Balaban J connectivity index is 1.32. The molecule has 0 aliphatic carbocycles. The Kier molecular flexibility index (Phi) is 4.47. The first-order valence-electron chi connectivity index (χ1n) is 8.68. The summed E-state index contributed by atoms with van der Waals surface area (Å²) in [5, 5.41) is 6.17. The van der Waals surface area contributed by atoms with E-state index >= 15 is 0 Å². The smallest absolute Gasteiger partial charge is 0.288 e. The van der Waals surface area contributed by atoms with Crippen molar-refractivity contribution in [2.75, 3.05) is 19.6 Å². The molecule has 1 saturated heterocycles. The number of fused-ring (bicyclic) bond motifs is 1. The van der Waals surface area contributed by atoms with Gasteiger partial charge in [0.15, 0.2) is 5.89 Å². The van der Waals surface area contributed by atoms with Gasteiger partial charge in [-0.05, 0) is 38.1 Å². The predicted molar refractivity (Wildman–Crippen MR) is 93.5 cm³/mol. The van der Waals surface area contributed by atoms with Crippen molar-refractivity contribution in [3.63, 3.8) is 0 Å². The second-order valence-electron chi connectivity index (χ2n) is 6.29. The van der Waals surface area contributed by atoms with Crippen molar-refractivity contribution in [1.29, 1.82) is 0 Å². The third-order valence-corrected chi connectivity index (χ3v) is 4.52. The second-order valence-corrected chi connectivity index (χ2v) is 6.29. The van der Waals surface area contributed by atoms with Crippen LogP contribution in [0.25, 0.3) is 11.0 Å². The van der Waals surface area contributed by atoms with E-state index in [0.29, 0.717) is 24.8 Å². The van der Waals surface area contributed by atoms with E-state index in [4.69, 9.17) is 4.42 Å². The third kappa shape index (κ3) is 3.56. The summed E-state index contributed by atoms with van der Waals surface area (Å²) in [6, 6.07) is 7.88. The van der Waals surface area contributed by atoms with Crippen LogP contribution in [-0.2, 0) is 6.42 Å². The Hall–Kier alpha value is -2.67. The van der Waals surface area contributed by atoms with Gasteiger partial charge in [-0.1, -0.05) is 12.1 Å². The molecule has 1 fully saturated rings. The fourth-order valence-electron chi connectivity index (χ4n) is 3.16. The quantitative estimate of drug-likeness (QED) is 0.661. The average molecular weight is 339 g/mol. The molecule has 0 atom stereocenters. The molecule has 4 rings (SSSR count). The molecular formula is C18H21N5O2. The molecule has 0 saturated carbocycles. The van der Waals surface area contributed by atoms with Gasteiger partial charge in [-0.2, -0.15) is 0 Å². The minimum atomic E-state index is -0.233. The molecule has 7 nitrogen and oxygen atoms in total. The lowest BCUT2D eigenvalue weighted by atomic mass is 9.98. The summed E-state index contributed by atoms with van der Waals surface area (Å²) in [4.78, 5) is 24.2. The number of carbonyl (C=O) groups is 1. The molecule has 1 amide bonds. The highest BCUT2D eigenvalue weighted by molar-refractivity contribution is 5.91. The largest absolute Gasteiger partial charge is 0.435 e. The second kappa shape index (κ2) is 7.06. The normalized spacial score (nSPS) is 15.5. The number of nitrogens with one attached hydrogen (secondary N) is 3. The number of hydrogen-bond donors (Lipinski definition) is 3. The van der Waals surface area contributed by atoms with E-state index in [-0.39, 0.29) is 11.7 Å². The fraction of sp³-hybridized carbons (Fsp3) is 0.389. The van der Waals surface area contributed by atoms with Crippen LogP contribution in [0.3, 0.4) is 0 Å². The Morgan fingerprint density at radius 2 is 2.12 bits per heavy atom. The molecule has 7 heteroatoms. The molecule has 0 spiro atoms. The highest BCUT2D eigenvalue weighted by Gasteiger charge is 2.21. The van der Waals surface area contributed by atoms with Crippen molar-refractivity contribution in [2.45, 2.75) is 25.2 Å². The standard InChI is InChI=1S/C18H21N5O2/c24-17(15-11-21-18(25-15)12-5-8-19-9-6-12)20-10-7-16-22-13-3-1-2-4-14(13)23-16/h1-4,11-12,19H,5-10H2,(H,20,24)(H,22,23). The van der Waals surface area contributed by atoms with Gasteiger partial charge >= 0.3 is 0 Å². The molecule has 3 aromatic rings. The van der Waals surface area contributed by atoms with Crippen molar-refractivity contribution in [3.8, 4) is 0 Å². The minimum Gasteiger partial charge on any atom is -0.435 e. The van der Waals surface area contributed by atoms with Gasteiger partial charge in [0, 0.05) is 18.9 Å². The van der Waals surface area contributed by atoms with E-state index < -0.39 is 0 Å². The third-order valence-electron chi connectivity index (χ3n) is 4.52. The van der Waals surface area contributed by atoms with Gasteiger partial charge in [0.2, 0.25) is 5.76 Å². The van der Waals surface area contributed by atoms with Crippen LogP contribution in [0.15, 0.2) is 34.9 Å². The van der Waals surface area contributed by atoms with Crippen molar-refractivity contribution >= 4 is 16.9 Å². The molecule has 1 aliphatic rings. The highest BCUT2D eigenvalue weighted by Crippen LogP contribution is 2.24. The zero-order valence-corrected chi connectivity index (χ0v) is 13.9.